The van der Waals surface area contributed by atoms with E-state index < -0.39 is 0 Å². The van der Waals surface area contributed by atoms with Gasteiger partial charge < -0.3 is 9.47 Å². The van der Waals surface area contributed by atoms with Gasteiger partial charge in [-0.2, -0.15) is 0 Å². The second-order valence-electron chi connectivity index (χ2n) is 6.82. The van der Waals surface area contributed by atoms with Crippen LogP contribution in [0.1, 0.15) is 19.4 Å². The van der Waals surface area contributed by atoms with Gasteiger partial charge in [0.2, 0.25) is 0 Å². The third kappa shape index (κ3) is 3.07. The minimum absolute atomic E-state index is 0.125. The van der Waals surface area contributed by atoms with Gasteiger partial charge in [0.05, 0.1) is 4.92 Å². The molecule has 0 N–H and O–H groups in total. The van der Waals surface area contributed by atoms with Crippen LogP contribution in [0.5, 0.6) is 0 Å². The number of hydrogen-bond donors (Lipinski definition) is 0. The maximum absolute atomic E-state index is 11.1. The van der Waals surface area contributed by atoms with Gasteiger partial charge in [-0.05, 0) is 56.2 Å². The van der Waals surface area contributed by atoms with E-state index in [1.165, 1.54) is 0 Å². The van der Waals surface area contributed by atoms with Gasteiger partial charge >= 0.3 is 0 Å². The molecule has 8 nitrogen and oxygen atoms in total. The number of benzene rings is 1. The Morgan fingerprint density at radius 3 is 2.71 bits per heavy atom. The van der Waals surface area contributed by atoms with Crippen molar-refractivity contribution < 1.29 is 4.92 Å². The molecule has 1 atom stereocenters. The van der Waals surface area contributed by atoms with E-state index in [-0.39, 0.29) is 16.7 Å². The molecule has 2 aromatic heterocycles. The summed E-state index contributed by atoms with van der Waals surface area (Å²) in [6, 6.07) is 9.08. The van der Waals surface area contributed by atoms with E-state index in [2.05, 4.69) is 16.8 Å². The highest BCUT2D eigenvalue weighted by Gasteiger charge is 2.28. The fourth-order valence-electron chi connectivity index (χ4n) is 3.69. The van der Waals surface area contributed by atoms with Crippen molar-refractivity contribution >= 4 is 23.6 Å². The number of hydrogen-bond acceptors (Lipinski definition) is 6. The molecule has 28 heavy (non-hydrogen) atoms. The van der Waals surface area contributed by atoms with E-state index in [1.54, 1.807) is 24.5 Å². The minimum atomic E-state index is -0.354. The summed E-state index contributed by atoms with van der Waals surface area (Å²) < 4.78 is 4.47. The number of anilines is 1. The number of aromatic nitrogens is 4. The van der Waals surface area contributed by atoms with Crippen molar-refractivity contribution in [2.24, 2.45) is 0 Å². The fourth-order valence-corrected chi connectivity index (χ4v) is 4.00. The predicted molar refractivity (Wildman–Crippen MR) is 109 cm³/mol. The molecule has 0 amide bonds. The molecular formula is C19H20N6O2S. The Morgan fingerprint density at radius 2 is 2.04 bits per heavy atom. The molecule has 4 rings (SSSR count). The van der Waals surface area contributed by atoms with Gasteiger partial charge in [0.15, 0.2) is 10.6 Å². The summed E-state index contributed by atoms with van der Waals surface area (Å²) in [5.41, 5.74) is 3.07. The highest BCUT2D eigenvalue weighted by molar-refractivity contribution is 7.71. The van der Waals surface area contributed by atoms with Crippen LogP contribution in [0.25, 0.3) is 11.4 Å². The summed E-state index contributed by atoms with van der Waals surface area (Å²) >= 11 is 5.67. The van der Waals surface area contributed by atoms with Crippen LogP contribution in [0.3, 0.4) is 0 Å². The first kappa shape index (κ1) is 18.3. The summed E-state index contributed by atoms with van der Waals surface area (Å²) in [5.74, 6) is 0.811. The fraction of sp³-hybridized carbons (Fsp3) is 0.316. The summed E-state index contributed by atoms with van der Waals surface area (Å²) in [6.45, 7) is 5.36. The average molecular weight is 396 g/mol. The summed E-state index contributed by atoms with van der Waals surface area (Å²) in [6.07, 6.45) is 4.24. The molecule has 1 unspecified atom stereocenters. The molecule has 0 fully saturated rings. The van der Waals surface area contributed by atoms with Crippen LogP contribution in [0.15, 0.2) is 42.7 Å². The molecule has 0 saturated heterocycles. The van der Waals surface area contributed by atoms with Crippen molar-refractivity contribution in [3.05, 3.63) is 63.2 Å². The van der Waals surface area contributed by atoms with E-state index in [0.717, 1.165) is 35.6 Å². The summed E-state index contributed by atoms with van der Waals surface area (Å²) in [4.78, 5) is 17.0. The first-order valence-electron chi connectivity index (χ1n) is 9.11. The lowest BCUT2D eigenvalue weighted by molar-refractivity contribution is -0.384. The Balaban J connectivity index is 1.70. The van der Waals surface area contributed by atoms with E-state index in [4.69, 9.17) is 17.3 Å². The molecule has 1 aliphatic rings. The van der Waals surface area contributed by atoms with Crippen LogP contribution in [0.2, 0.25) is 0 Å². The topological polar surface area (TPSA) is 82.0 Å². The third-order valence-electron chi connectivity index (χ3n) is 5.09. The Hall–Kier alpha value is -3.07. The van der Waals surface area contributed by atoms with Crippen molar-refractivity contribution in [3.8, 4) is 11.4 Å². The third-order valence-corrected chi connectivity index (χ3v) is 5.53. The molecule has 0 spiro atoms. The van der Waals surface area contributed by atoms with Crippen molar-refractivity contribution in [2.75, 3.05) is 4.90 Å². The Labute approximate surface area is 167 Å². The van der Waals surface area contributed by atoms with Crippen molar-refractivity contribution in [1.82, 2.24) is 19.3 Å². The van der Waals surface area contributed by atoms with Crippen LogP contribution in [0.4, 0.5) is 11.4 Å². The minimum Gasteiger partial charge on any atom is -0.349 e. The van der Waals surface area contributed by atoms with Crippen LogP contribution in [0, 0.1) is 14.9 Å². The molecule has 0 bridgehead atoms. The van der Waals surface area contributed by atoms with Crippen LogP contribution in [-0.4, -0.2) is 30.3 Å². The van der Waals surface area contributed by atoms with Gasteiger partial charge in [-0.15, -0.1) is 5.10 Å². The SMILES string of the molecule is CCn1c(-c2ccncc2)nn(CN2c3ccc([N+](=O)[O-])cc3CC2C)c1=S. The molecule has 3 aromatic rings. The maximum Gasteiger partial charge on any atom is 0.269 e. The second kappa shape index (κ2) is 7.16. The molecule has 144 valence electrons. The van der Waals surface area contributed by atoms with Gasteiger partial charge in [-0.1, -0.05) is 0 Å². The zero-order valence-corrected chi connectivity index (χ0v) is 16.5. The number of nitro groups is 1. The number of pyridine rings is 1. The lowest BCUT2D eigenvalue weighted by atomic mass is 10.1. The average Bonchev–Trinajstić information content (AvgIpc) is 3.18. The first-order valence-corrected chi connectivity index (χ1v) is 9.52. The van der Waals surface area contributed by atoms with Crippen LogP contribution in [-0.2, 0) is 19.6 Å². The largest absolute Gasteiger partial charge is 0.349 e. The number of fused-ring (bicyclic) bond motifs is 1. The number of non-ortho nitro benzene ring substituents is 1. The Morgan fingerprint density at radius 1 is 1.29 bits per heavy atom. The van der Waals surface area contributed by atoms with E-state index in [0.29, 0.717) is 11.4 Å². The molecule has 3 heterocycles. The molecule has 1 aromatic carbocycles. The lowest BCUT2D eigenvalue weighted by Gasteiger charge is -2.24. The standard InChI is InChI=1S/C19H20N6O2S/c1-3-22-18(14-6-8-20-9-7-14)21-24(19(22)28)12-23-13(2)10-15-11-16(25(26)27)4-5-17(15)23/h4-9,11,13H,3,10,12H2,1-2H3. The Bertz CT molecular complexity index is 1090. The monoisotopic (exact) mass is 396 g/mol. The van der Waals surface area contributed by atoms with E-state index in [9.17, 15) is 10.1 Å². The predicted octanol–water partition coefficient (Wildman–Crippen LogP) is 3.81. The highest BCUT2D eigenvalue weighted by Crippen LogP contribution is 2.35. The van der Waals surface area contributed by atoms with Gasteiger partial charge in [0.1, 0.15) is 6.67 Å². The first-order chi connectivity index (χ1) is 13.5. The zero-order valence-electron chi connectivity index (χ0n) is 15.6. The van der Waals surface area contributed by atoms with Gasteiger partial charge in [0, 0.05) is 48.4 Å². The van der Waals surface area contributed by atoms with E-state index >= 15 is 0 Å². The molecule has 1 aliphatic heterocycles. The lowest BCUT2D eigenvalue weighted by Crippen LogP contribution is -2.32. The second-order valence-corrected chi connectivity index (χ2v) is 7.19. The van der Waals surface area contributed by atoms with Gasteiger partial charge in [-0.3, -0.25) is 15.1 Å². The number of nitro benzene ring substituents is 1. The molecular weight excluding hydrogens is 376 g/mol. The van der Waals surface area contributed by atoms with Crippen molar-refractivity contribution in [1.29, 1.82) is 0 Å². The van der Waals surface area contributed by atoms with Gasteiger partial charge in [-0.25, -0.2) is 4.68 Å². The maximum atomic E-state index is 11.1. The number of rotatable bonds is 5. The normalized spacial score (nSPS) is 15.6. The number of nitrogens with zero attached hydrogens (tertiary/aromatic N) is 6. The Kier molecular flexibility index (Phi) is 4.68. The highest BCUT2D eigenvalue weighted by atomic mass is 32.1. The van der Waals surface area contributed by atoms with Crippen molar-refractivity contribution in [2.45, 2.75) is 39.5 Å². The molecule has 9 heteroatoms. The molecule has 0 aliphatic carbocycles. The van der Waals surface area contributed by atoms with Crippen LogP contribution >= 0.6 is 12.2 Å². The molecule has 0 radical (unpaired) electrons. The van der Waals surface area contributed by atoms with Crippen molar-refractivity contribution in [3.63, 3.8) is 0 Å². The quantitative estimate of drug-likeness (QED) is 0.370. The van der Waals surface area contributed by atoms with Gasteiger partial charge in [0.25, 0.3) is 5.69 Å². The van der Waals surface area contributed by atoms with Crippen LogP contribution < -0.4 is 4.90 Å². The molecule has 0 saturated carbocycles. The zero-order chi connectivity index (χ0) is 19.8. The van der Waals surface area contributed by atoms with E-state index in [1.807, 2.05) is 34.4 Å². The smallest absolute Gasteiger partial charge is 0.269 e. The summed E-state index contributed by atoms with van der Waals surface area (Å²) in [5, 5.41) is 15.8. The summed E-state index contributed by atoms with van der Waals surface area (Å²) in [7, 11) is 0.